The lowest BCUT2D eigenvalue weighted by Crippen LogP contribution is -2.62. The number of nitrogens with zero attached hydrogens (tertiary/aromatic N) is 2. The molecule has 1 saturated carbocycles. The fourth-order valence-electron chi connectivity index (χ4n) is 7.07. The third-order valence-electron chi connectivity index (χ3n) is 9.88. The van der Waals surface area contributed by atoms with Crippen molar-refractivity contribution in [3.8, 4) is 5.75 Å². The first kappa shape index (κ1) is 37.0. The van der Waals surface area contributed by atoms with Crippen LogP contribution in [-0.2, 0) is 32.0 Å². The molecule has 3 aromatic rings. The van der Waals surface area contributed by atoms with Gasteiger partial charge in [-0.25, -0.2) is 4.39 Å². The van der Waals surface area contributed by atoms with Gasteiger partial charge in [0.05, 0.1) is 24.2 Å². The van der Waals surface area contributed by atoms with Gasteiger partial charge in [0, 0.05) is 61.2 Å². The van der Waals surface area contributed by atoms with E-state index < -0.39 is 0 Å². The summed E-state index contributed by atoms with van der Waals surface area (Å²) in [5.74, 6) is -0.177. The maximum absolute atomic E-state index is 14.7. The number of methoxy groups -OCH3 is 1. The summed E-state index contributed by atoms with van der Waals surface area (Å²) in [6, 6.07) is 20.4. The molecule has 2 fully saturated rings. The molecule has 11 heteroatoms. The van der Waals surface area contributed by atoms with Crippen molar-refractivity contribution in [3.63, 3.8) is 0 Å². The van der Waals surface area contributed by atoms with Crippen LogP contribution in [0.1, 0.15) is 61.6 Å². The summed E-state index contributed by atoms with van der Waals surface area (Å²) >= 11 is 9.90. The summed E-state index contributed by atoms with van der Waals surface area (Å²) in [4.78, 5) is 43.6. The van der Waals surface area contributed by atoms with Crippen molar-refractivity contribution >= 4 is 50.9 Å². The minimum atomic E-state index is -0.339. The quantitative estimate of drug-likeness (QED) is 0.130. The van der Waals surface area contributed by atoms with Gasteiger partial charge in [0.15, 0.2) is 0 Å². The molecule has 2 heterocycles. The molecule has 1 saturated heterocycles. The number of carbonyl (C=O) groups excluding carboxylic acids is 3. The minimum Gasteiger partial charge on any atom is -0.492 e. The fraction of sp³-hybridized carbons (Fsp3) is 0.425. The summed E-state index contributed by atoms with van der Waals surface area (Å²) < 4.78 is 24.9. The van der Waals surface area contributed by atoms with Gasteiger partial charge in [0.1, 0.15) is 11.6 Å². The number of rotatable bonds is 15. The van der Waals surface area contributed by atoms with E-state index in [1.807, 2.05) is 34.1 Å². The third-order valence-corrected chi connectivity index (χ3v) is 10.9. The lowest BCUT2D eigenvalue weighted by atomic mass is 9.82. The van der Waals surface area contributed by atoms with Crippen LogP contribution in [0.5, 0.6) is 5.75 Å². The van der Waals surface area contributed by atoms with Gasteiger partial charge >= 0.3 is 5.97 Å². The Labute approximate surface area is 312 Å². The number of esters is 1. The summed E-state index contributed by atoms with van der Waals surface area (Å²) in [5.41, 5.74) is 4.93. The summed E-state index contributed by atoms with van der Waals surface area (Å²) in [6.45, 7) is 1.94. The zero-order valence-corrected chi connectivity index (χ0v) is 31.2. The largest absolute Gasteiger partial charge is 0.492 e. The van der Waals surface area contributed by atoms with Crippen molar-refractivity contribution in [3.05, 3.63) is 104 Å². The van der Waals surface area contributed by atoms with Crippen LogP contribution in [0.25, 0.3) is 5.57 Å². The van der Waals surface area contributed by atoms with Crippen LogP contribution in [0, 0.1) is 5.82 Å². The number of carbonyl (C=O) groups is 3. The molecule has 270 valence electrons. The van der Waals surface area contributed by atoms with Crippen molar-refractivity contribution in [1.29, 1.82) is 0 Å². The summed E-state index contributed by atoms with van der Waals surface area (Å²) in [7, 11) is 1.35. The van der Waals surface area contributed by atoms with Gasteiger partial charge < -0.3 is 24.6 Å². The number of ether oxygens (including phenoxy) is 2. The van der Waals surface area contributed by atoms with Crippen LogP contribution >= 0.6 is 27.5 Å². The van der Waals surface area contributed by atoms with Gasteiger partial charge in [-0.05, 0) is 101 Å². The van der Waals surface area contributed by atoms with E-state index in [1.165, 1.54) is 19.2 Å². The Bertz CT molecular complexity index is 1760. The number of benzene rings is 3. The standard InChI is InChI=1S/C40H44BrClFN3O5/c1-50-38(48)10-4-9-37(47)45-24-30-23-32(27-13-11-26(12-14-27)6-5-21-51-36-22-29(43)15-18-33(36)41)39(35(25-45)44-30)40(49)46(31-16-17-31)20-19-28-7-2-3-8-34(28)42/h2-3,7-8,11-15,18,22,30-31,35,44H,4-6,9-10,16-17,19-21,23-25H2,1H3/t30-,35-/m1/s1. The molecule has 0 radical (unpaired) electrons. The Kier molecular flexibility index (Phi) is 12.5. The SMILES string of the molecule is COC(=O)CCCC(=O)N1C[C@H]2CC(c3ccc(CCCOc4cc(F)ccc4Br)cc3)=C(C(=O)N(CCc3ccccc3Cl)C3CC3)[C@@H](C1)N2. The molecule has 2 amide bonds. The van der Waals surface area contributed by atoms with E-state index in [0.717, 1.165) is 53.5 Å². The number of nitrogens with one attached hydrogen (secondary N) is 1. The van der Waals surface area contributed by atoms with Crippen LogP contribution in [0.3, 0.4) is 0 Å². The second kappa shape index (κ2) is 17.2. The molecule has 51 heavy (non-hydrogen) atoms. The third kappa shape index (κ3) is 9.58. The van der Waals surface area contributed by atoms with E-state index >= 15 is 0 Å². The number of hydrogen-bond acceptors (Lipinski definition) is 6. The maximum atomic E-state index is 14.7. The van der Waals surface area contributed by atoms with Crippen molar-refractivity contribution in [2.45, 2.75) is 75.9 Å². The van der Waals surface area contributed by atoms with Gasteiger partial charge in [0.2, 0.25) is 5.91 Å². The zero-order chi connectivity index (χ0) is 35.9. The van der Waals surface area contributed by atoms with E-state index in [0.29, 0.717) is 60.7 Å². The number of halogens is 3. The van der Waals surface area contributed by atoms with E-state index in [9.17, 15) is 18.8 Å². The molecule has 0 spiro atoms. The van der Waals surface area contributed by atoms with E-state index in [2.05, 4.69) is 45.5 Å². The monoisotopic (exact) mass is 779 g/mol. The average molecular weight is 781 g/mol. The number of hydrogen-bond donors (Lipinski definition) is 1. The second-order valence-electron chi connectivity index (χ2n) is 13.5. The highest BCUT2D eigenvalue weighted by atomic mass is 79.9. The zero-order valence-electron chi connectivity index (χ0n) is 28.8. The number of amides is 2. The number of fused-ring (bicyclic) bond motifs is 2. The Hall–Kier alpha value is -3.73. The Morgan fingerprint density at radius 3 is 2.53 bits per heavy atom. The van der Waals surface area contributed by atoms with Crippen LogP contribution in [-0.4, -0.2) is 79.1 Å². The van der Waals surface area contributed by atoms with Crippen LogP contribution in [0.4, 0.5) is 4.39 Å². The summed E-state index contributed by atoms with van der Waals surface area (Å²) in [5, 5.41) is 4.38. The molecule has 6 rings (SSSR count). The van der Waals surface area contributed by atoms with Gasteiger partial charge in [-0.3, -0.25) is 14.4 Å². The highest BCUT2D eigenvalue weighted by molar-refractivity contribution is 9.10. The van der Waals surface area contributed by atoms with Crippen LogP contribution < -0.4 is 10.1 Å². The van der Waals surface area contributed by atoms with Gasteiger partial charge in [0.25, 0.3) is 5.91 Å². The topological polar surface area (TPSA) is 88.2 Å². The Balaban J connectivity index is 1.20. The highest BCUT2D eigenvalue weighted by Crippen LogP contribution is 2.37. The predicted molar refractivity (Wildman–Crippen MR) is 199 cm³/mol. The molecule has 8 nitrogen and oxygen atoms in total. The molecule has 2 bridgehead atoms. The van der Waals surface area contributed by atoms with Crippen molar-refractivity contribution in [2.75, 3.05) is 33.4 Å². The number of piperazine rings is 1. The molecule has 3 aliphatic rings. The lowest BCUT2D eigenvalue weighted by Gasteiger charge is -2.45. The molecule has 1 N–H and O–H groups in total. The first-order chi connectivity index (χ1) is 24.7. The van der Waals surface area contributed by atoms with Crippen molar-refractivity contribution in [2.24, 2.45) is 0 Å². The van der Waals surface area contributed by atoms with Crippen LogP contribution in [0.15, 0.2) is 76.8 Å². The van der Waals surface area contributed by atoms with E-state index in [-0.39, 0.29) is 54.6 Å². The predicted octanol–water partition coefficient (Wildman–Crippen LogP) is 7.16. The molecule has 2 aliphatic heterocycles. The van der Waals surface area contributed by atoms with E-state index in [1.54, 1.807) is 6.07 Å². The van der Waals surface area contributed by atoms with Crippen molar-refractivity contribution < 1.29 is 28.2 Å². The first-order valence-electron chi connectivity index (χ1n) is 17.8. The molecule has 2 atom stereocenters. The molecule has 0 aromatic heterocycles. The molecular formula is C40H44BrClFN3O5. The smallest absolute Gasteiger partial charge is 0.305 e. The van der Waals surface area contributed by atoms with Crippen LogP contribution in [0.2, 0.25) is 5.02 Å². The lowest BCUT2D eigenvalue weighted by molar-refractivity contribution is -0.141. The van der Waals surface area contributed by atoms with Gasteiger partial charge in [-0.1, -0.05) is 54.1 Å². The molecule has 0 unspecified atom stereocenters. The molecular weight excluding hydrogens is 737 g/mol. The summed E-state index contributed by atoms with van der Waals surface area (Å²) in [6.07, 6.45) is 5.64. The Morgan fingerprint density at radius 2 is 1.78 bits per heavy atom. The minimum absolute atomic E-state index is 0.00340. The van der Waals surface area contributed by atoms with Gasteiger partial charge in [-0.15, -0.1) is 0 Å². The normalized spacial score (nSPS) is 18.4. The number of aryl methyl sites for hydroxylation is 1. The maximum Gasteiger partial charge on any atom is 0.305 e. The molecule has 1 aliphatic carbocycles. The van der Waals surface area contributed by atoms with E-state index in [4.69, 9.17) is 21.1 Å². The Morgan fingerprint density at radius 1 is 1.00 bits per heavy atom. The van der Waals surface area contributed by atoms with Crippen molar-refractivity contribution in [1.82, 2.24) is 15.1 Å². The molecule has 3 aromatic carbocycles. The highest BCUT2D eigenvalue weighted by Gasteiger charge is 2.43. The fourth-order valence-corrected chi connectivity index (χ4v) is 7.66. The first-order valence-corrected chi connectivity index (χ1v) is 18.9. The second-order valence-corrected chi connectivity index (χ2v) is 14.8. The average Bonchev–Trinajstić information content (AvgIpc) is 3.97. The van der Waals surface area contributed by atoms with Gasteiger partial charge in [-0.2, -0.15) is 0 Å².